The number of anilines is 1. The highest BCUT2D eigenvalue weighted by atomic mass is 16.6. The number of rotatable bonds is 9. The highest BCUT2D eigenvalue weighted by Crippen LogP contribution is 2.17. The molecule has 0 bridgehead atoms. The molecule has 0 aliphatic carbocycles. The highest BCUT2D eigenvalue weighted by Gasteiger charge is 2.12. The summed E-state index contributed by atoms with van der Waals surface area (Å²) in [6.45, 7) is 4.30. The van der Waals surface area contributed by atoms with E-state index >= 15 is 0 Å². The van der Waals surface area contributed by atoms with Gasteiger partial charge < -0.3 is 15.7 Å². The summed E-state index contributed by atoms with van der Waals surface area (Å²) in [6, 6.07) is 5.73. The maximum Gasteiger partial charge on any atom is 0.271 e. The number of carbonyl (C=O) groups excluding carboxylic acids is 1. The summed E-state index contributed by atoms with van der Waals surface area (Å²) in [5.41, 5.74) is 0.337. The Kier molecular flexibility index (Phi) is 7.48. The van der Waals surface area contributed by atoms with Crippen LogP contribution in [0, 0.1) is 10.1 Å². The van der Waals surface area contributed by atoms with Gasteiger partial charge in [-0.15, -0.1) is 0 Å². The van der Waals surface area contributed by atoms with E-state index in [0.29, 0.717) is 12.2 Å². The molecule has 0 spiro atoms. The second kappa shape index (κ2) is 9.11. The third-order valence-corrected chi connectivity index (χ3v) is 3.16. The predicted molar refractivity (Wildman–Crippen MR) is 84.7 cm³/mol. The molecule has 1 aromatic carbocycles. The minimum absolute atomic E-state index is 0.0633. The summed E-state index contributed by atoms with van der Waals surface area (Å²) in [4.78, 5) is 22.1. The Morgan fingerprint density at radius 1 is 1.45 bits per heavy atom. The first-order chi connectivity index (χ1) is 10.4. The Bertz CT molecular complexity index is 507. The van der Waals surface area contributed by atoms with Crippen molar-refractivity contribution in [3.8, 4) is 0 Å². The molecular weight excluding hydrogens is 286 g/mol. The minimum atomic E-state index is -0.505. The topological polar surface area (TPSA) is 104 Å². The zero-order valence-corrected chi connectivity index (χ0v) is 12.9. The van der Waals surface area contributed by atoms with E-state index in [-0.39, 0.29) is 24.1 Å². The van der Waals surface area contributed by atoms with Crippen LogP contribution in [0.3, 0.4) is 0 Å². The molecule has 0 fully saturated rings. The second-order valence-electron chi connectivity index (χ2n) is 5.31. The van der Waals surface area contributed by atoms with E-state index in [9.17, 15) is 20.0 Å². The fourth-order valence-corrected chi connectivity index (χ4v) is 2.03. The van der Waals surface area contributed by atoms with Gasteiger partial charge in [-0.05, 0) is 19.4 Å². The number of nitrogens with one attached hydrogen (secondary N) is 2. The van der Waals surface area contributed by atoms with Gasteiger partial charge in [-0.1, -0.05) is 19.4 Å². The first-order valence-electron chi connectivity index (χ1n) is 7.38. The normalized spacial score (nSPS) is 13.4. The number of carbonyl (C=O) groups is 1. The number of non-ortho nitro benzene ring substituents is 1. The average Bonchev–Trinajstić information content (AvgIpc) is 2.45. The Morgan fingerprint density at radius 3 is 2.82 bits per heavy atom. The van der Waals surface area contributed by atoms with Gasteiger partial charge in [0.1, 0.15) is 0 Å². The van der Waals surface area contributed by atoms with Crippen LogP contribution in [0.25, 0.3) is 0 Å². The largest absolute Gasteiger partial charge is 0.392 e. The molecule has 0 radical (unpaired) electrons. The molecule has 0 aliphatic heterocycles. The van der Waals surface area contributed by atoms with Crippen LogP contribution in [-0.2, 0) is 4.79 Å². The fourth-order valence-electron chi connectivity index (χ4n) is 2.03. The Labute approximate surface area is 129 Å². The fraction of sp³-hybridized carbons (Fsp3) is 0.533. The Balaban J connectivity index is 2.42. The zero-order chi connectivity index (χ0) is 16.5. The van der Waals surface area contributed by atoms with Gasteiger partial charge in [0.05, 0.1) is 11.0 Å². The molecule has 0 saturated heterocycles. The number of benzene rings is 1. The first kappa shape index (κ1) is 18.1. The minimum Gasteiger partial charge on any atom is -0.392 e. The summed E-state index contributed by atoms with van der Waals surface area (Å²) >= 11 is 0. The van der Waals surface area contributed by atoms with E-state index < -0.39 is 11.0 Å². The van der Waals surface area contributed by atoms with E-state index in [4.69, 9.17) is 0 Å². The van der Waals surface area contributed by atoms with Gasteiger partial charge in [-0.3, -0.25) is 14.9 Å². The highest BCUT2D eigenvalue weighted by molar-refractivity contribution is 5.91. The molecule has 122 valence electrons. The van der Waals surface area contributed by atoms with Crippen LogP contribution in [0.15, 0.2) is 24.3 Å². The predicted octanol–water partition coefficient (Wildman–Crippen LogP) is 2.06. The second-order valence-corrected chi connectivity index (χ2v) is 5.31. The number of amides is 1. The van der Waals surface area contributed by atoms with Crippen LogP contribution in [0.2, 0.25) is 0 Å². The van der Waals surface area contributed by atoms with Gasteiger partial charge in [-0.25, -0.2) is 0 Å². The van der Waals surface area contributed by atoms with E-state index in [1.54, 1.807) is 6.07 Å². The monoisotopic (exact) mass is 309 g/mol. The van der Waals surface area contributed by atoms with Crippen molar-refractivity contribution in [2.75, 3.05) is 11.9 Å². The maximum absolute atomic E-state index is 11.9. The van der Waals surface area contributed by atoms with E-state index in [2.05, 4.69) is 10.6 Å². The maximum atomic E-state index is 11.9. The van der Waals surface area contributed by atoms with Crippen LogP contribution in [0.4, 0.5) is 11.4 Å². The van der Waals surface area contributed by atoms with Crippen molar-refractivity contribution < 1.29 is 14.8 Å². The summed E-state index contributed by atoms with van der Waals surface area (Å²) in [5, 5.41) is 26.0. The van der Waals surface area contributed by atoms with Crippen LogP contribution < -0.4 is 10.6 Å². The van der Waals surface area contributed by atoms with Crippen molar-refractivity contribution >= 4 is 17.3 Å². The van der Waals surface area contributed by atoms with E-state index in [1.807, 2.05) is 13.8 Å². The van der Waals surface area contributed by atoms with Crippen molar-refractivity contribution in [3.05, 3.63) is 34.4 Å². The smallest absolute Gasteiger partial charge is 0.271 e. The lowest BCUT2D eigenvalue weighted by Gasteiger charge is -2.16. The van der Waals surface area contributed by atoms with Crippen molar-refractivity contribution in [2.45, 2.75) is 45.3 Å². The van der Waals surface area contributed by atoms with Gasteiger partial charge in [-0.2, -0.15) is 0 Å². The molecule has 0 aliphatic rings. The zero-order valence-electron chi connectivity index (χ0n) is 12.9. The molecule has 1 aromatic rings. The molecule has 2 unspecified atom stereocenters. The summed E-state index contributed by atoms with van der Waals surface area (Å²) < 4.78 is 0. The lowest BCUT2D eigenvalue weighted by atomic mass is 10.1. The third-order valence-electron chi connectivity index (χ3n) is 3.16. The van der Waals surface area contributed by atoms with Crippen molar-refractivity contribution in [2.24, 2.45) is 0 Å². The molecule has 7 heteroatoms. The van der Waals surface area contributed by atoms with Gasteiger partial charge >= 0.3 is 0 Å². The molecule has 1 rings (SSSR count). The molecular formula is C15H23N3O4. The molecule has 2 atom stereocenters. The lowest BCUT2D eigenvalue weighted by Crippen LogP contribution is -2.36. The molecule has 1 amide bonds. The number of aliphatic hydroxyl groups is 1. The number of hydrogen-bond acceptors (Lipinski definition) is 5. The third kappa shape index (κ3) is 6.64. The molecule has 22 heavy (non-hydrogen) atoms. The number of nitro benzene ring substituents is 1. The average molecular weight is 309 g/mol. The number of aliphatic hydroxyl groups excluding tert-OH is 1. The number of nitrogens with zero attached hydrogens (tertiary/aromatic N) is 1. The van der Waals surface area contributed by atoms with E-state index in [1.165, 1.54) is 18.2 Å². The molecule has 0 saturated carbocycles. The van der Waals surface area contributed by atoms with Gasteiger partial charge in [0.25, 0.3) is 5.69 Å². The summed E-state index contributed by atoms with van der Waals surface area (Å²) in [7, 11) is 0. The molecule has 0 heterocycles. The number of hydrogen-bond donors (Lipinski definition) is 3. The van der Waals surface area contributed by atoms with Crippen LogP contribution in [0.1, 0.15) is 33.1 Å². The first-order valence-corrected chi connectivity index (χ1v) is 7.38. The van der Waals surface area contributed by atoms with Crippen LogP contribution in [0.5, 0.6) is 0 Å². The lowest BCUT2D eigenvalue weighted by molar-refractivity contribution is -0.384. The van der Waals surface area contributed by atoms with Gasteiger partial charge in [0, 0.05) is 36.8 Å². The van der Waals surface area contributed by atoms with Crippen LogP contribution in [-0.4, -0.2) is 34.6 Å². The Morgan fingerprint density at radius 2 is 2.18 bits per heavy atom. The van der Waals surface area contributed by atoms with Crippen molar-refractivity contribution in [1.82, 2.24) is 5.32 Å². The summed E-state index contributed by atoms with van der Waals surface area (Å²) in [5.74, 6) is -0.231. The SMILES string of the molecule is CCCC(O)CNC(C)CC(=O)Nc1cccc([N+](=O)[O-])c1. The molecule has 3 N–H and O–H groups in total. The number of nitro groups is 1. The molecule has 0 aromatic heterocycles. The van der Waals surface area contributed by atoms with Gasteiger partial charge in [0.15, 0.2) is 0 Å². The van der Waals surface area contributed by atoms with Gasteiger partial charge in [0.2, 0.25) is 5.91 Å². The van der Waals surface area contributed by atoms with Crippen molar-refractivity contribution in [3.63, 3.8) is 0 Å². The summed E-state index contributed by atoms with van der Waals surface area (Å²) in [6.07, 6.45) is 1.44. The van der Waals surface area contributed by atoms with Crippen LogP contribution >= 0.6 is 0 Å². The Hall–Kier alpha value is -1.99. The standard InChI is InChI=1S/C15H23N3O4/c1-3-5-14(19)10-16-11(2)8-15(20)17-12-6-4-7-13(9-12)18(21)22/h4,6-7,9,11,14,16,19H,3,5,8,10H2,1-2H3,(H,17,20). The van der Waals surface area contributed by atoms with E-state index in [0.717, 1.165) is 12.8 Å². The quantitative estimate of drug-likeness (QED) is 0.478. The van der Waals surface area contributed by atoms with Crippen molar-refractivity contribution in [1.29, 1.82) is 0 Å². The molecule has 7 nitrogen and oxygen atoms in total.